The van der Waals surface area contributed by atoms with Gasteiger partial charge >= 0.3 is 6.18 Å². The summed E-state index contributed by atoms with van der Waals surface area (Å²) in [6.45, 7) is 1.71. The number of aliphatic hydroxyl groups excluding tert-OH is 1. The molecule has 0 fully saturated rings. The van der Waals surface area contributed by atoms with Crippen molar-refractivity contribution in [2.75, 3.05) is 20.3 Å². The number of aliphatic hydroxyl groups is 1. The van der Waals surface area contributed by atoms with Crippen LogP contribution in [-0.4, -0.2) is 42.4 Å². The van der Waals surface area contributed by atoms with Crippen molar-refractivity contribution in [1.29, 1.82) is 0 Å². The summed E-state index contributed by atoms with van der Waals surface area (Å²) in [5.41, 5.74) is -0.432. The summed E-state index contributed by atoms with van der Waals surface area (Å²) in [7, 11) is 1.42. The molecule has 126 valence electrons. The molecule has 2 aromatic rings. The monoisotopic (exact) mass is 348 g/mol. The summed E-state index contributed by atoms with van der Waals surface area (Å²) in [4.78, 5) is 16.1. The van der Waals surface area contributed by atoms with E-state index in [4.69, 9.17) is 4.74 Å². The lowest BCUT2D eigenvalue weighted by molar-refractivity contribution is -0.140. The first-order valence-electron chi connectivity index (χ1n) is 6.66. The summed E-state index contributed by atoms with van der Waals surface area (Å²) >= 11 is 0.891. The Balaban J connectivity index is 2.24. The summed E-state index contributed by atoms with van der Waals surface area (Å²) in [6.07, 6.45) is -5.38. The Bertz CT molecular complexity index is 715. The van der Waals surface area contributed by atoms with E-state index in [1.54, 1.807) is 6.92 Å². The fraction of sp³-hybridized carbons (Fsp3) is 0.429. The summed E-state index contributed by atoms with van der Waals surface area (Å²) in [5.74, 6) is -0.464. The topological polar surface area (TPSA) is 71.5 Å². The van der Waals surface area contributed by atoms with Crippen LogP contribution < -0.4 is 5.32 Å². The Morgan fingerprint density at radius 2 is 2.17 bits per heavy atom. The van der Waals surface area contributed by atoms with Crippen LogP contribution in [0.15, 0.2) is 12.1 Å². The van der Waals surface area contributed by atoms with E-state index in [0.29, 0.717) is 10.9 Å². The predicted octanol–water partition coefficient (Wildman–Crippen LogP) is 2.36. The smallest absolute Gasteiger partial charge is 0.389 e. The lowest BCUT2D eigenvalue weighted by atomic mass is 10.1. The quantitative estimate of drug-likeness (QED) is 0.870. The van der Waals surface area contributed by atoms with Crippen LogP contribution in [0.25, 0.3) is 10.2 Å². The number of aryl methyl sites for hydroxylation is 1. The molecule has 0 aliphatic rings. The van der Waals surface area contributed by atoms with Crippen molar-refractivity contribution in [3.05, 3.63) is 28.3 Å². The molecule has 9 heteroatoms. The number of thiophene rings is 1. The van der Waals surface area contributed by atoms with Gasteiger partial charge in [-0.2, -0.15) is 13.2 Å². The van der Waals surface area contributed by atoms with Crippen LogP contribution in [0, 0.1) is 6.92 Å². The molecule has 1 atom stereocenters. The van der Waals surface area contributed by atoms with Crippen LogP contribution in [-0.2, 0) is 10.9 Å². The van der Waals surface area contributed by atoms with Crippen LogP contribution >= 0.6 is 11.3 Å². The number of methoxy groups -OCH3 is 1. The Kier molecular flexibility index (Phi) is 5.23. The number of pyridine rings is 1. The number of halogens is 3. The van der Waals surface area contributed by atoms with Crippen molar-refractivity contribution in [2.45, 2.75) is 19.2 Å². The van der Waals surface area contributed by atoms with Gasteiger partial charge in [-0.25, -0.2) is 4.98 Å². The Labute approximate surface area is 134 Å². The number of alkyl halides is 3. The molecule has 2 N–H and O–H groups in total. The Hall–Kier alpha value is -1.71. The number of carbonyl (C=O) groups is 1. The third-order valence-electron chi connectivity index (χ3n) is 3.16. The molecule has 5 nitrogen and oxygen atoms in total. The fourth-order valence-electron chi connectivity index (χ4n) is 2.02. The Morgan fingerprint density at radius 1 is 1.48 bits per heavy atom. The first kappa shape index (κ1) is 17.6. The highest BCUT2D eigenvalue weighted by Gasteiger charge is 2.33. The number of rotatable bonds is 5. The molecule has 0 aliphatic heterocycles. The zero-order chi connectivity index (χ0) is 17.2. The first-order valence-corrected chi connectivity index (χ1v) is 7.48. The molecular weight excluding hydrogens is 333 g/mol. The Morgan fingerprint density at radius 3 is 2.78 bits per heavy atom. The maximum atomic E-state index is 12.7. The summed E-state index contributed by atoms with van der Waals surface area (Å²) in [6, 6.07) is 2.21. The number of nitrogens with one attached hydrogen (secondary N) is 1. The number of amides is 1. The van der Waals surface area contributed by atoms with E-state index < -0.39 is 23.9 Å². The van der Waals surface area contributed by atoms with Gasteiger partial charge in [0.25, 0.3) is 5.91 Å². The highest BCUT2D eigenvalue weighted by Crippen LogP contribution is 2.34. The number of aromatic nitrogens is 1. The minimum atomic E-state index is -4.53. The highest BCUT2D eigenvalue weighted by atomic mass is 32.1. The number of nitrogens with zero attached hydrogens (tertiary/aromatic N) is 1. The summed E-state index contributed by atoms with van der Waals surface area (Å²) in [5, 5.41) is 12.5. The average molecular weight is 348 g/mol. The molecular formula is C14H15F3N2O3S. The fourth-order valence-corrected chi connectivity index (χ4v) is 3.11. The minimum Gasteiger partial charge on any atom is -0.389 e. The van der Waals surface area contributed by atoms with Crippen LogP contribution in [0.1, 0.15) is 20.9 Å². The molecule has 0 saturated carbocycles. The van der Waals surface area contributed by atoms with E-state index >= 15 is 0 Å². The standard InChI is InChI=1S/C14H15F3N2O3S/c1-7-9-3-4-10(14(15,16)17)19-13(9)23-11(7)12(21)18-5-8(20)6-22-2/h3-4,8,20H,5-6H2,1-2H3,(H,18,21). The van der Waals surface area contributed by atoms with E-state index in [0.717, 1.165) is 17.4 Å². The van der Waals surface area contributed by atoms with Crippen molar-refractivity contribution in [3.8, 4) is 0 Å². The van der Waals surface area contributed by atoms with Crippen molar-refractivity contribution >= 4 is 27.5 Å². The van der Waals surface area contributed by atoms with E-state index in [1.165, 1.54) is 13.2 Å². The first-order chi connectivity index (χ1) is 10.7. The lowest BCUT2D eigenvalue weighted by Gasteiger charge is -2.10. The molecule has 1 amide bonds. The van der Waals surface area contributed by atoms with Crippen molar-refractivity contribution in [2.24, 2.45) is 0 Å². The lowest BCUT2D eigenvalue weighted by Crippen LogP contribution is -2.34. The van der Waals surface area contributed by atoms with Gasteiger partial charge < -0.3 is 15.2 Å². The number of ether oxygens (including phenoxy) is 1. The van der Waals surface area contributed by atoms with E-state index in [-0.39, 0.29) is 22.9 Å². The SMILES string of the molecule is COCC(O)CNC(=O)c1sc2nc(C(F)(F)F)ccc2c1C. The maximum absolute atomic E-state index is 12.7. The van der Waals surface area contributed by atoms with Gasteiger partial charge in [0.05, 0.1) is 17.6 Å². The van der Waals surface area contributed by atoms with Gasteiger partial charge in [-0.3, -0.25) is 4.79 Å². The molecule has 0 saturated heterocycles. The van der Waals surface area contributed by atoms with Crippen LogP contribution in [0.4, 0.5) is 13.2 Å². The summed E-state index contributed by atoms with van der Waals surface area (Å²) < 4.78 is 42.8. The molecule has 0 aliphatic carbocycles. The predicted molar refractivity (Wildman–Crippen MR) is 79.6 cm³/mol. The van der Waals surface area contributed by atoms with Gasteiger partial charge in [0.1, 0.15) is 10.5 Å². The average Bonchev–Trinajstić information content (AvgIpc) is 2.81. The third kappa shape index (κ3) is 3.98. The van der Waals surface area contributed by atoms with Gasteiger partial charge in [0.15, 0.2) is 0 Å². The van der Waals surface area contributed by atoms with Crippen LogP contribution in [0.5, 0.6) is 0 Å². The van der Waals surface area contributed by atoms with Gasteiger partial charge in [-0.15, -0.1) is 11.3 Å². The zero-order valence-corrected chi connectivity index (χ0v) is 13.2. The third-order valence-corrected chi connectivity index (χ3v) is 4.36. The van der Waals surface area contributed by atoms with E-state index in [2.05, 4.69) is 10.3 Å². The zero-order valence-electron chi connectivity index (χ0n) is 12.4. The van der Waals surface area contributed by atoms with Gasteiger partial charge in [-0.05, 0) is 24.6 Å². The van der Waals surface area contributed by atoms with E-state index in [9.17, 15) is 23.1 Å². The van der Waals surface area contributed by atoms with Crippen molar-refractivity contribution in [3.63, 3.8) is 0 Å². The minimum absolute atomic E-state index is 0.0123. The second-order valence-electron chi connectivity index (χ2n) is 4.92. The second kappa shape index (κ2) is 6.81. The van der Waals surface area contributed by atoms with Gasteiger partial charge in [0, 0.05) is 19.0 Å². The molecule has 0 aromatic carbocycles. The number of hydrogen-bond acceptors (Lipinski definition) is 5. The molecule has 0 bridgehead atoms. The molecule has 2 aromatic heterocycles. The van der Waals surface area contributed by atoms with Gasteiger partial charge in [-0.1, -0.05) is 0 Å². The highest BCUT2D eigenvalue weighted by molar-refractivity contribution is 7.20. The van der Waals surface area contributed by atoms with E-state index in [1.807, 2.05) is 0 Å². The molecule has 1 unspecified atom stereocenters. The normalized spacial score (nSPS) is 13.3. The molecule has 2 heterocycles. The number of carbonyl (C=O) groups excluding carboxylic acids is 1. The molecule has 2 rings (SSSR count). The van der Waals surface area contributed by atoms with Crippen molar-refractivity contribution in [1.82, 2.24) is 10.3 Å². The molecule has 0 spiro atoms. The van der Waals surface area contributed by atoms with Crippen LogP contribution in [0.3, 0.4) is 0 Å². The second-order valence-corrected chi connectivity index (χ2v) is 5.92. The van der Waals surface area contributed by atoms with Crippen molar-refractivity contribution < 1.29 is 27.8 Å². The maximum Gasteiger partial charge on any atom is 0.433 e. The van der Waals surface area contributed by atoms with Crippen LogP contribution in [0.2, 0.25) is 0 Å². The number of fused-ring (bicyclic) bond motifs is 1. The largest absolute Gasteiger partial charge is 0.433 e. The molecule has 23 heavy (non-hydrogen) atoms. The number of hydrogen-bond donors (Lipinski definition) is 2. The molecule has 0 radical (unpaired) electrons. The van der Waals surface area contributed by atoms with Gasteiger partial charge in [0.2, 0.25) is 0 Å².